The molecule has 226 valence electrons. The largest absolute Gasteiger partial charge is 0.421 e. The van der Waals surface area contributed by atoms with E-state index in [1.165, 1.54) is 12.1 Å². The number of nitrogens with zero attached hydrogens (tertiary/aromatic N) is 5. The number of fused-ring (bicyclic) bond motifs is 2. The van der Waals surface area contributed by atoms with Gasteiger partial charge < -0.3 is 20.0 Å². The van der Waals surface area contributed by atoms with E-state index in [4.69, 9.17) is 4.42 Å². The standard InChI is InChI=1S/C29H25F3N8O4/c1-14-12-21(34-25(42)24-36-28-35-19-8-4-7-18(19)27(43)40(28)39-24)15(2)11-20(14)33-22(41)9-10-23-37-38-26(44-23)16-5-3-6-17(13-16)29(30,31)32/h3,5-6,11-13H,4,7-10H2,1-2H3,(H,33,41)(H,34,42)(H,35,36,39). The van der Waals surface area contributed by atoms with E-state index in [2.05, 4.69) is 35.9 Å². The maximum Gasteiger partial charge on any atom is 0.416 e. The van der Waals surface area contributed by atoms with Crippen LogP contribution in [0.2, 0.25) is 0 Å². The van der Waals surface area contributed by atoms with E-state index in [0.29, 0.717) is 34.5 Å². The van der Waals surface area contributed by atoms with Crippen LogP contribution in [0.5, 0.6) is 0 Å². The lowest BCUT2D eigenvalue weighted by molar-refractivity contribution is -0.137. The number of rotatable bonds is 7. The Morgan fingerprint density at radius 2 is 1.80 bits per heavy atom. The molecule has 0 spiro atoms. The fraction of sp³-hybridized carbons (Fsp3) is 0.276. The van der Waals surface area contributed by atoms with Crippen LogP contribution in [0.4, 0.5) is 24.5 Å². The molecule has 0 radical (unpaired) electrons. The zero-order chi connectivity index (χ0) is 31.2. The molecule has 3 N–H and O–H groups in total. The molecule has 1 aliphatic carbocycles. The zero-order valence-corrected chi connectivity index (χ0v) is 23.5. The van der Waals surface area contributed by atoms with Crippen molar-refractivity contribution in [1.82, 2.24) is 29.8 Å². The van der Waals surface area contributed by atoms with Crippen molar-refractivity contribution < 1.29 is 27.2 Å². The van der Waals surface area contributed by atoms with Crippen molar-refractivity contribution in [2.45, 2.75) is 52.1 Å². The normalized spacial score (nSPS) is 12.8. The van der Waals surface area contributed by atoms with Crippen molar-refractivity contribution in [3.8, 4) is 11.5 Å². The SMILES string of the molecule is Cc1cc(NC(=O)c2nc3[nH]c4c(c(=O)n3n2)CCC4)c(C)cc1NC(=O)CCc1nnc(-c2cccc(C(F)(F)F)c2)o1. The molecular weight excluding hydrogens is 581 g/mol. The summed E-state index contributed by atoms with van der Waals surface area (Å²) in [4.78, 5) is 45.6. The number of aryl methyl sites for hydroxylation is 4. The van der Waals surface area contributed by atoms with Crippen molar-refractivity contribution in [1.29, 1.82) is 0 Å². The molecule has 6 rings (SSSR count). The molecule has 2 amide bonds. The first-order chi connectivity index (χ1) is 21.0. The van der Waals surface area contributed by atoms with Gasteiger partial charge in [0.25, 0.3) is 11.5 Å². The third-order valence-corrected chi connectivity index (χ3v) is 7.30. The van der Waals surface area contributed by atoms with Gasteiger partial charge in [-0.25, -0.2) is 0 Å². The van der Waals surface area contributed by atoms with Gasteiger partial charge in [-0.3, -0.25) is 14.4 Å². The van der Waals surface area contributed by atoms with Gasteiger partial charge in [0.15, 0.2) is 0 Å². The molecule has 0 saturated heterocycles. The molecule has 0 unspecified atom stereocenters. The molecule has 3 aromatic heterocycles. The second-order valence-electron chi connectivity index (χ2n) is 10.5. The van der Waals surface area contributed by atoms with Crippen LogP contribution >= 0.6 is 0 Å². The summed E-state index contributed by atoms with van der Waals surface area (Å²) in [7, 11) is 0. The summed E-state index contributed by atoms with van der Waals surface area (Å²) < 4.78 is 45.6. The Morgan fingerprint density at radius 1 is 1.05 bits per heavy atom. The number of amides is 2. The summed E-state index contributed by atoms with van der Waals surface area (Å²) in [5.41, 5.74) is 2.81. The fourth-order valence-corrected chi connectivity index (χ4v) is 5.01. The lowest BCUT2D eigenvalue weighted by atomic mass is 10.1. The van der Waals surface area contributed by atoms with E-state index in [0.717, 1.165) is 35.2 Å². The van der Waals surface area contributed by atoms with Gasteiger partial charge >= 0.3 is 6.18 Å². The highest BCUT2D eigenvalue weighted by Gasteiger charge is 2.31. The molecule has 44 heavy (non-hydrogen) atoms. The highest BCUT2D eigenvalue weighted by molar-refractivity contribution is 6.02. The molecule has 1 aliphatic rings. The molecule has 0 aliphatic heterocycles. The van der Waals surface area contributed by atoms with Gasteiger partial charge in [0.1, 0.15) is 0 Å². The third kappa shape index (κ3) is 5.67. The first-order valence-electron chi connectivity index (χ1n) is 13.7. The summed E-state index contributed by atoms with van der Waals surface area (Å²) in [5, 5.41) is 17.3. The first kappa shape index (κ1) is 28.8. The van der Waals surface area contributed by atoms with Crippen LogP contribution in [0.25, 0.3) is 17.2 Å². The number of aromatic amines is 1. The molecule has 15 heteroatoms. The number of carbonyl (C=O) groups is 2. The Kier molecular flexibility index (Phi) is 7.23. The number of aromatic nitrogens is 6. The first-order valence-corrected chi connectivity index (χ1v) is 13.7. The summed E-state index contributed by atoms with van der Waals surface area (Å²) in [6.07, 6.45) is -2.18. The van der Waals surface area contributed by atoms with Crippen molar-refractivity contribution in [3.63, 3.8) is 0 Å². The Labute approximate surface area is 246 Å². The van der Waals surface area contributed by atoms with Gasteiger partial charge in [-0.05, 0) is 74.6 Å². The molecular formula is C29H25F3N8O4. The third-order valence-electron chi connectivity index (χ3n) is 7.30. The second kappa shape index (κ2) is 11.1. The number of hydrogen-bond donors (Lipinski definition) is 3. The van der Waals surface area contributed by atoms with E-state index in [1.54, 1.807) is 26.0 Å². The van der Waals surface area contributed by atoms with Gasteiger partial charge in [0.2, 0.25) is 29.3 Å². The van der Waals surface area contributed by atoms with E-state index < -0.39 is 17.6 Å². The van der Waals surface area contributed by atoms with Gasteiger partial charge in [0, 0.05) is 41.0 Å². The maximum atomic E-state index is 13.0. The lowest BCUT2D eigenvalue weighted by Gasteiger charge is -2.13. The van der Waals surface area contributed by atoms with Gasteiger partial charge in [-0.2, -0.15) is 22.7 Å². The van der Waals surface area contributed by atoms with E-state index in [1.807, 2.05) is 0 Å². The highest BCUT2D eigenvalue weighted by Crippen LogP contribution is 2.32. The number of nitrogens with one attached hydrogen (secondary N) is 3. The monoisotopic (exact) mass is 606 g/mol. The lowest BCUT2D eigenvalue weighted by Crippen LogP contribution is -2.21. The summed E-state index contributed by atoms with van der Waals surface area (Å²) in [6, 6.07) is 7.93. The van der Waals surface area contributed by atoms with Crippen LogP contribution in [0.15, 0.2) is 45.6 Å². The van der Waals surface area contributed by atoms with Crippen LogP contribution in [0.3, 0.4) is 0 Å². The molecule has 3 heterocycles. The Bertz CT molecular complexity index is 1990. The Morgan fingerprint density at radius 3 is 2.55 bits per heavy atom. The van der Waals surface area contributed by atoms with Crippen LogP contribution in [0.1, 0.15) is 57.3 Å². The van der Waals surface area contributed by atoms with Crippen molar-refractivity contribution in [2.75, 3.05) is 10.6 Å². The number of halogens is 3. The predicted molar refractivity (Wildman–Crippen MR) is 151 cm³/mol. The minimum Gasteiger partial charge on any atom is -0.421 e. The number of alkyl halides is 3. The van der Waals surface area contributed by atoms with E-state index >= 15 is 0 Å². The smallest absolute Gasteiger partial charge is 0.416 e. The molecule has 0 fully saturated rings. The number of H-pyrrole nitrogens is 1. The minimum atomic E-state index is -4.51. The number of hydrogen-bond acceptors (Lipinski definition) is 8. The van der Waals surface area contributed by atoms with E-state index in [9.17, 15) is 27.6 Å². The fourth-order valence-electron chi connectivity index (χ4n) is 5.01. The molecule has 0 atom stereocenters. The maximum absolute atomic E-state index is 13.0. The average Bonchev–Trinajstić information content (AvgIpc) is 3.74. The topological polar surface area (TPSA) is 160 Å². The van der Waals surface area contributed by atoms with Gasteiger partial charge in [-0.15, -0.1) is 15.3 Å². The average molecular weight is 607 g/mol. The quantitative estimate of drug-likeness (QED) is 0.246. The minimum absolute atomic E-state index is 0.0249. The van der Waals surface area contributed by atoms with Crippen molar-refractivity contribution >= 4 is 29.0 Å². The summed E-state index contributed by atoms with van der Waals surface area (Å²) >= 11 is 0. The highest BCUT2D eigenvalue weighted by atomic mass is 19.4. The molecule has 5 aromatic rings. The van der Waals surface area contributed by atoms with Crippen LogP contribution in [-0.4, -0.2) is 41.6 Å². The molecule has 0 saturated carbocycles. The van der Waals surface area contributed by atoms with Crippen LogP contribution < -0.4 is 16.2 Å². The summed E-state index contributed by atoms with van der Waals surface area (Å²) in [6.45, 7) is 3.51. The molecule has 12 nitrogen and oxygen atoms in total. The molecule has 0 bridgehead atoms. The zero-order valence-electron chi connectivity index (χ0n) is 23.5. The Balaban J connectivity index is 1.08. The van der Waals surface area contributed by atoms with Crippen molar-refractivity contribution in [2.24, 2.45) is 0 Å². The van der Waals surface area contributed by atoms with Crippen LogP contribution in [-0.2, 0) is 30.2 Å². The number of anilines is 2. The van der Waals surface area contributed by atoms with Crippen LogP contribution in [0, 0.1) is 13.8 Å². The molecule has 2 aromatic carbocycles. The number of carbonyl (C=O) groups excluding carboxylic acids is 2. The summed E-state index contributed by atoms with van der Waals surface area (Å²) in [5.74, 6) is -0.874. The number of benzene rings is 2. The Hall–Kier alpha value is -5.34. The second-order valence-corrected chi connectivity index (χ2v) is 10.5. The predicted octanol–water partition coefficient (Wildman–Crippen LogP) is 4.42. The van der Waals surface area contributed by atoms with Crippen molar-refractivity contribution in [3.05, 3.63) is 86.4 Å². The van der Waals surface area contributed by atoms with E-state index in [-0.39, 0.29) is 53.3 Å². The van der Waals surface area contributed by atoms with Gasteiger partial charge in [-0.1, -0.05) is 6.07 Å². The van der Waals surface area contributed by atoms with Gasteiger partial charge in [0.05, 0.1) is 5.56 Å².